The van der Waals surface area contributed by atoms with Crippen LogP contribution in [0.3, 0.4) is 0 Å². The van der Waals surface area contributed by atoms with Crippen LogP contribution < -0.4 is 0 Å². The largest absolute Gasteiger partial charge is 0.285 e. The van der Waals surface area contributed by atoms with Gasteiger partial charge in [-0.3, -0.25) is 29.0 Å². The SMILES string of the molecule is CN1C(=O)C2CC=CCC2C1=O.CN1C(=O)c2ccccc2C1=O. The van der Waals surface area contributed by atoms with E-state index in [1.54, 1.807) is 31.3 Å². The fourth-order valence-corrected chi connectivity index (χ4v) is 3.28. The van der Waals surface area contributed by atoms with Gasteiger partial charge in [0.05, 0.1) is 23.0 Å². The van der Waals surface area contributed by atoms with Crippen LogP contribution in [0.25, 0.3) is 0 Å². The molecule has 2 unspecified atom stereocenters. The lowest BCUT2D eigenvalue weighted by molar-refractivity contribution is -0.138. The van der Waals surface area contributed by atoms with Crippen molar-refractivity contribution < 1.29 is 19.2 Å². The molecule has 4 amide bonds. The number of imide groups is 2. The maximum absolute atomic E-state index is 11.4. The van der Waals surface area contributed by atoms with Crippen LogP contribution in [0.2, 0.25) is 0 Å². The van der Waals surface area contributed by atoms with Gasteiger partial charge in [-0.15, -0.1) is 0 Å². The van der Waals surface area contributed by atoms with Crippen LogP contribution in [0.15, 0.2) is 36.4 Å². The van der Waals surface area contributed by atoms with Gasteiger partial charge >= 0.3 is 0 Å². The van der Waals surface area contributed by atoms with Crippen LogP contribution in [0, 0.1) is 11.8 Å². The summed E-state index contributed by atoms with van der Waals surface area (Å²) in [6.45, 7) is 0. The van der Waals surface area contributed by atoms with Crippen LogP contribution in [-0.2, 0) is 9.59 Å². The van der Waals surface area contributed by atoms with Gasteiger partial charge in [0, 0.05) is 14.1 Å². The molecule has 0 radical (unpaired) electrons. The maximum atomic E-state index is 11.4. The minimum Gasteiger partial charge on any atom is -0.285 e. The first-order valence-corrected chi connectivity index (χ1v) is 7.81. The molecule has 3 aliphatic rings. The molecule has 1 aromatic carbocycles. The highest BCUT2D eigenvalue weighted by Gasteiger charge is 2.45. The van der Waals surface area contributed by atoms with Gasteiger partial charge in [0.2, 0.25) is 11.8 Å². The number of benzene rings is 1. The van der Waals surface area contributed by atoms with Crippen molar-refractivity contribution in [1.82, 2.24) is 9.80 Å². The van der Waals surface area contributed by atoms with Gasteiger partial charge in [-0.1, -0.05) is 24.3 Å². The fourth-order valence-electron chi connectivity index (χ4n) is 3.28. The molecule has 0 aromatic heterocycles. The van der Waals surface area contributed by atoms with Crippen LogP contribution in [0.1, 0.15) is 33.6 Å². The summed E-state index contributed by atoms with van der Waals surface area (Å²) in [5.41, 5.74) is 1.01. The number of rotatable bonds is 0. The number of hydrogen-bond donors (Lipinski definition) is 0. The van der Waals surface area contributed by atoms with Crippen molar-refractivity contribution in [2.24, 2.45) is 11.8 Å². The molecule has 0 saturated carbocycles. The second kappa shape index (κ2) is 6.03. The zero-order chi connectivity index (χ0) is 17.4. The first-order chi connectivity index (χ1) is 11.4. The molecule has 0 spiro atoms. The summed E-state index contributed by atoms with van der Waals surface area (Å²) >= 11 is 0. The Morgan fingerprint density at radius 1 is 0.750 bits per heavy atom. The van der Waals surface area contributed by atoms with E-state index < -0.39 is 0 Å². The van der Waals surface area contributed by atoms with Crippen LogP contribution >= 0.6 is 0 Å². The number of amides is 4. The van der Waals surface area contributed by atoms with Crippen molar-refractivity contribution in [1.29, 1.82) is 0 Å². The van der Waals surface area contributed by atoms with Crippen molar-refractivity contribution in [2.45, 2.75) is 12.8 Å². The number of carbonyl (C=O) groups is 4. The molecule has 1 saturated heterocycles. The number of allylic oxidation sites excluding steroid dienone is 2. The standard InChI is InChI=1S/C9H11NO2.C9H7NO2/c2*1-10-8(11)6-4-2-3-5-7(6)9(10)12/h2-3,6-7H,4-5H2,1H3;2-5H,1H3. The first kappa shape index (κ1) is 16.1. The van der Waals surface area contributed by atoms with Gasteiger partial charge in [0.25, 0.3) is 11.8 Å². The molecule has 6 nitrogen and oxygen atoms in total. The monoisotopic (exact) mass is 326 g/mol. The number of likely N-dealkylation sites (tertiary alicyclic amines) is 1. The van der Waals surface area contributed by atoms with E-state index in [-0.39, 0.29) is 35.5 Å². The minimum atomic E-state index is -0.212. The van der Waals surface area contributed by atoms with Gasteiger partial charge in [0.1, 0.15) is 0 Å². The number of nitrogens with zero attached hydrogens (tertiary/aromatic N) is 2. The molecule has 124 valence electrons. The van der Waals surface area contributed by atoms with E-state index in [0.717, 1.165) is 17.7 Å². The molecule has 2 heterocycles. The molecular formula is C18H18N2O4. The summed E-state index contributed by atoms with van der Waals surface area (Å²) in [4.78, 5) is 47.9. The van der Waals surface area contributed by atoms with E-state index in [0.29, 0.717) is 11.1 Å². The molecule has 1 fully saturated rings. The molecule has 1 aliphatic carbocycles. The van der Waals surface area contributed by atoms with Crippen molar-refractivity contribution in [2.75, 3.05) is 14.1 Å². The molecule has 0 bridgehead atoms. The van der Waals surface area contributed by atoms with E-state index in [4.69, 9.17) is 0 Å². The molecule has 6 heteroatoms. The van der Waals surface area contributed by atoms with Gasteiger partial charge in [0.15, 0.2) is 0 Å². The number of carbonyl (C=O) groups excluding carboxylic acids is 4. The van der Waals surface area contributed by atoms with Crippen molar-refractivity contribution in [3.63, 3.8) is 0 Å². The molecule has 0 N–H and O–H groups in total. The maximum Gasteiger partial charge on any atom is 0.261 e. The van der Waals surface area contributed by atoms with E-state index in [2.05, 4.69) is 0 Å². The highest BCUT2D eigenvalue weighted by Crippen LogP contribution is 2.33. The normalized spacial score (nSPS) is 24.8. The van der Waals surface area contributed by atoms with Gasteiger partial charge in [-0.25, -0.2) is 0 Å². The number of fused-ring (bicyclic) bond motifs is 2. The number of hydrogen-bond acceptors (Lipinski definition) is 4. The summed E-state index contributed by atoms with van der Waals surface area (Å²) < 4.78 is 0. The Morgan fingerprint density at radius 3 is 1.58 bits per heavy atom. The van der Waals surface area contributed by atoms with E-state index >= 15 is 0 Å². The topological polar surface area (TPSA) is 74.8 Å². The third-order valence-electron chi connectivity index (χ3n) is 4.73. The summed E-state index contributed by atoms with van der Waals surface area (Å²) in [6, 6.07) is 6.84. The van der Waals surface area contributed by atoms with E-state index in [1.807, 2.05) is 12.2 Å². The lowest BCUT2D eigenvalue weighted by atomic mass is 9.85. The smallest absolute Gasteiger partial charge is 0.261 e. The Bertz CT molecular complexity index is 707. The van der Waals surface area contributed by atoms with E-state index in [9.17, 15) is 19.2 Å². The first-order valence-electron chi connectivity index (χ1n) is 7.81. The third-order valence-corrected chi connectivity index (χ3v) is 4.73. The predicted molar refractivity (Wildman–Crippen MR) is 86.0 cm³/mol. The van der Waals surface area contributed by atoms with Crippen molar-refractivity contribution in [3.05, 3.63) is 47.5 Å². The van der Waals surface area contributed by atoms with Crippen molar-refractivity contribution in [3.8, 4) is 0 Å². The molecule has 2 atom stereocenters. The molecule has 24 heavy (non-hydrogen) atoms. The Labute approximate surface area is 139 Å². The van der Waals surface area contributed by atoms with Crippen LogP contribution in [0.5, 0.6) is 0 Å². The molecule has 1 aromatic rings. The molecular weight excluding hydrogens is 308 g/mol. The minimum absolute atomic E-state index is 0.00523. The predicted octanol–water partition coefficient (Wildman–Crippen LogP) is 1.48. The Balaban J connectivity index is 0.000000141. The highest BCUT2D eigenvalue weighted by molar-refractivity contribution is 6.21. The average molecular weight is 326 g/mol. The summed E-state index contributed by atoms with van der Waals surface area (Å²) in [7, 11) is 3.06. The fraction of sp³-hybridized carbons (Fsp3) is 0.333. The van der Waals surface area contributed by atoms with E-state index in [1.165, 1.54) is 11.9 Å². The molecule has 2 aliphatic heterocycles. The second-order valence-electron chi connectivity index (χ2n) is 6.11. The van der Waals surface area contributed by atoms with Crippen LogP contribution in [-0.4, -0.2) is 47.5 Å². The average Bonchev–Trinajstić information content (AvgIpc) is 2.98. The highest BCUT2D eigenvalue weighted by atomic mass is 16.2. The zero-order valence-corrected chi connectivity index (χ0v) is 13.6. The van der Waals surface area contributed by atoms with Crippen LogP contribution in [0.4, 0.5) is 0 Å². The lowest BCUT2D eigenvalue weighted by Gasteiger charge is -2.14. The Hall–Kier alpha value is -2.76. The summed E-state index contributed by atoms with van der Waals surface area (Å²) in [6.07, 6.45) is 5.45. The summed E-state index contributed by atoms with van der Waals surface area (Å²) in [5, 5.41) is 0. The van der Waals surface area contributed by atoms with Gasteiger partial charge < -0.3 is 0 Å². The lowest BCUT2D eigenvalue weighted by Crippen LogP contribution is -2.25. The van der Waals surface area contributed by atoms with Crippen molar-refractivity contribution >= 4 is 23.6 Å². The van der Waals surface area contributed by atoms with Gasteiger partial charge in [-0.05, 0) is 25.0 Å². The van der Waals surface area contributed by atoms with Gasteiger partial charge in [-0.2, -0.15) is 0 Å². The zero-order valence-electron chi connectivity index (χ0n) is 13.6. The third kappa shape index (κ3) is 2.44. The second-order valence-corrected chi connectivity index (χ2v) is 6.11. The summed E-state index contributed by atoms with van der Waals surface area (Å²) in [5.74, 6) is -0.560. The Kier molecular flexibility index (Phi) is 4.05. The Morgan fingerprint density at radius 2 is 1.17 bits per heavy atom. The quantitative estimate of drug-likeness (QED) is 0.535. The molecule has 4 rings (SSSR count).